The lowest BCUT2D eigenvalue weighted by Crippen LogP contribution is -2.49. The summed E-state index contributed by atoms with van der Waals surface area (Å²) < 4.78 is 42.7. The minimum absolute atomic E-state index is 0.0979. The van der Waals surface area contributed by atoms with E-state index in [4.69, 9.17) is 0 Å². The molecule has 0 spiro atoms. The van der Waals surface area contributed by atoms with E-state index in [0.717, 1.165) is 0 Å². The molecule has 9 heteroatoms. The van der Waals surface area contributed by atoms with Crippen molar-refractivity contribution in [2.75, 3.05) is 38.0 Å². The SMILES string of the molecule is O=C(CCN1CCN(C(=O)c2ccccc2OC(F)F)CC1)Nc1cccc(F)c1. The Balaban J connectivity index is 1.47. The summed E-state index contributed by atoms with van der Waals surface area (Å²) in [6.45, 7) is -0.586. The van der Waals surface area contributed by atoms with Crippen LogP contribution in [-0.4, -0.2) is 60.9 Å². The maximum Gasteiger partial charge on any atom is 0.387 e. The molecule has 160 valence electrons. The summed E-state index contributed by atoms with van der Waals surface area (Å²) in [7, 11) is 0. The quantitative estimate of drug-likeness (QED) is 0.746. The van der Waals surface area contributed by atoms with Crippen LogP contribution in [0, 0.1) is 5.82 Å². The molecule has 2 amide bonds. The molecule has 0 bridgehead atoms. The van der Waals surface area contributed by atoms with Gasteiger partial charge in [-0.3, -0.25) is 14.5 Å². The predicted octanol–water partition coefficient (Wildman–Crippen LogP) is 3.21. The molecule has 0 aliphatic carbocycles. The fourth-order valence-electron chi connectivity index (χ4n) is 3.24. The van der Waals surface area contributed by atoms with Crippen molar-refractivity contribution in [1.29, 1.82) is 0 Å². The number of alkyl halides is 2. The number of halogens is 3. The Labute approximate surface area is 172 Å². The Morgan fingerprint density at radius 2 is 1.77 bits per heavy atom. The molecule has 0 aromatic heterocycles. The number of nitrogens with one attached hydrogen (secondary N) is 1. The van der Waals surface area contributed by atoms with Crippen LogP contribution >= 0.6 is 0 Å². The molecule has 2 aromatic carbocycles. The summed E-state index contributed by atoms with van der Waals surface area (Å²) in [6.07, 6.45) is 0.232. The van der Waals surface area contributed by atoms with E-state index >= 15 is 0 Å². The smallest absolute Gasteiger partial charge is 0.387 e. The first kappa shape index (κ1) is 21.6. The van der Waals surface area contributed by atoms with Gasteiger partial charge in [-0.05, 0) is 30.3 Å². The third kappa shape index (κ3) is 5.96. The minimum atomic E-state index is -3.01. The zero-order valence-electron chi connectivity index (χ0n) is 16.2. The van der Waals surface area contributed by atoms with E-state index < -0.39 is 12.4 Å². The molecule has 30 heavy (non-hydrogen) atoms. The van der Waals surface area contributed by atoms with Crippen molar-refractivity contribution < 1.29 is 27.5 Å². The van der Waals surface area contributed by atoms with Gasteiger partial charge in [-0.25, -0.2) is 4.39 Å². The summed E-state index contributed by atoms with van der Waals surface area (Å²) in [6, 6.07) is 11.6. The molecule has 0 unspecified atom stereocenters. The summed E-state index contributed by atoms with van der Waals surface area (Å²) in [5.74, 6) is -1.16. The molecule has 2 aromatic rings. The molecule has 0 radical (unpaired) electrons. The second-order valence-corrected chi connectivity index (χ2v) is 6.82. The molecule has 1 N–H and O–H groups in total. The normalized spacial score (nSPS) is 14.6. The number of carbonyl (C=O) groups is 2. The van der Waals surface area contributed by atoms with Crippen LogP contribution in [0.2, 0.25) is 0 Å². The number of carbonyl (C=O) groups excluding carboxylic acids is 2. The average molecular weight is 421 g/mol. The second kappa shape index (κ2) is 10.1. The first-order valence-corrected chi connectivity index (χ1v) is 9.53. The molecule has 1 aliphatic heterocycles. The number of piperazine rings is 1. The highest BCUT2D eigenvalue weighted by atomic mass is 19.3. The molecule has 0 atom stereocenters. The van der Waals surface area contributed by atoms with Crippen molar-refractivity contribution in [2.45, 2.75) is 13.0 Å². The number of hydrogen-bond acceptors (Lipinski definition) is 4. The monoisotopic (exact) mass is 421 g/mol. The highest BCUT2D eigenvalue weighted by molar-refractivity contribution is 5.97. The maximum atomic E-state index is 13.2. The molecule has 1 aliphatic rings. The van der Waals surface area contributed by atoms with Gasteiger partial charge in [0.05, 0.1) is 5.56 Å². The predicted molar refractivity (Wildman–Crippen MR) is 105 cm³/mol. The number of para-hydroxylation sites is 1. The van der Waals surface area contributed by atoms with Gasteiger partial charge in [0.15, 0.2) is 0 Å². The second-order valence-electron chi connectivity index (χ2n) is 6.82. The van der Waals surface area contributed by atoms with Crippen molar-refractivity contribution in [3.63, 3.8) is 0 Å². The lowest BCUT2D eigenvalue weighted by molar-refractivity contribution is -0.116. The minimum Gasteiger partial charge on any atom is -0.434 e. The van der Waals surface area contributed by atoms with E-state index in [1.54, 1.807) is 17.0 Å². The number of hydrogen-bond donors (Lipinski definition) is 1. The van der Waals surface area contributed by atoms with Gasteiger partial charge < -0.3 is 15.0 Å². The molecule has 6 nitrogen and oxygen atoms in total. The van der Waals surface area contributed by atoms with E-state index in [2.05, 4.69) is 10.1 Å². The maximum absolute atomic E-state index is 13.2. The van der Waals surface area contributed by atoms with E-state index in [0.29, 0.717) is 38.4 Å². The zero-order chi connectivity index (χ0) is 21.5. The molecular weight excluding hydrogens is 399 g/mol. The van der Waals surface area contributed by atoms with Gasteiger partial charge in [0.2, 0.25) is 5.91 Å². The Morgan fingerprint density at radius 1 is 1.03 bits per heavy atom. The Kier molecular flexibility index (Phi) is 7.29. The third-order valence-corrected chi connectivity index (χ3v) is 4.76. The van der Waals surface area contributed by atoms with Gasteiger partial charge in [-0.15, -0.1) is 0 Å². The number of anilines is 1. The molecule has 1 fully saturated rings. The largest absolute Gasteiger partial charge is 0.434 e. The van der Waals surface area contributed by atoms with E-state index in [1.165, 1.54) is 36.4 Å². The van der Waals surface area contributed by atoms with Crippen molar-refractivity contribution in [2.24, 2.45) is 0 Å². The van der Waals surface area contributed by atoms with E-state index in [9.17, 15) is 22.8 Å². The molecule has 3 rings (SSSR count). The van der Waals surface area contributed by atoms with Gasteiger partial charge in [-0.1, -0.05) is 18.2 Å². The zero-order valence-corrected chi connectivity index (χ0v) is 16.2. The first-order valence-electron chi connectivity index (χ1n) is 9.53. The number of nitrogens with zero attached hydrogens (tertiary/aromatic N) is 2. The van der Waals surface area contributed by atoms with Crippen molar-refractivity contribution in [3.8, 4) is 5.75 Å². The van der Waals surface area contributed by atoms with Gasteiger partial charge >= 0.3 is 6.61 Å². The molecule has 0 saturated carbocycles. The van der Waals surface area contributed by atoms with Crippen LogP contribution in [0.1, 0.15) is 16.8 Å². The van der Waals surface area contributed by atoms with E-state index in [-0.39, 0.29) is 29.5 Å². The number of benzene rings is 2. The van der Waals surface area contributed by atoms with Gasteiger partial charge in [0.25, 0.3) is 5.91 Å². The average Bonchev–Trinajstić information content (AvgIpc) is 2.72. The Bertz CT molecular complexity index is 887. The van der Waals surface area contributed by atoms with E-state index in [1.807, 2.05) is 4.90 Å². The Hall–Kier alpha value is -3.07. The van der Waals surface area contributed by atoms with Crippen LogP contribution in [0.15, 0.2) is 48.5 Å². The third-order valence-electron chi connectivity index (χ3n) is 4.76. The molecule has 1 saturated heterocycles. The number of ether oxygens (including phenoxy) is 1. The van der Waals surface area contributed by atoms with Gasteiger partial charge in [-0.2, -0.15) is 8.78 Å². The summed E-state index contributed by atoms with van der Waals surface area (Å²) in [5.41, 5.74) is 0.501. The lowest BCUT2D eigenvalue weighted by Gasteiger charge is -2.34. The van der Waals surface area contributed by atoms with Crippen LogP contribution in [0.4, 0.5) is 18.9 Å². The van der Waals surface area contributed by atoms with Crippen LogP contribution in [0.25, 0.3) is 0 Å². The summed E-state index contributed by atoms with van der Waals surface area (Å²) >= 11 is 0. The van der Waals surface area contributed by atoms with Gasteiger partial charge in [0, 0.05) is 44.8 Å². The number of amides is 2. The fourth-order valence-corrected chi connectivity index (χ4v) is 3.24. The van der Waals surface area contributed by atoms with Gasteiger partial charge in [0.1, 0.15) is 11.6 Å². The van der Waals surface area contributed by atoms with Crippen molar-refractivity contribution in [3.05, 3.63) is 59.9 Å². The lowest BCUT2D eigenvalue weighted by atomic mass is 10.1. The van der Waals surface area contributed by atoms with Crippen LogP contribution < -0.4 is 10.1 Å². The molecule has 1 heterocycles. The summed E-state index contributed by atoms with van der Waals surface area (Å²) in [5, 5.41) is 2.65. The standard InChI is InChI=1S/C21H22F3N3O3/c22-15-4-3-5-16(14-15)25-19(28)8-9-26-10-12-27(13-11-26)20(29)17-6-1-2-7-18(17)30-21(23)24/h1-7,14,21H,8-13H2,(H,25,28). The van der Waals surface area contributed by atoms with Crippen molar-refractivity contribution in [1.82, 2.24) is 9.80 Å². The number of rotatable bonds is 7. The highest BCUT2D eigenvalue weighted by Gasteiger charge is 2.25. The van der Waals surface area contributed by atoms with Crippen LogP contribution in [0.3, 0.4) is 0 Å². The first-order chi connectivity index (χ1) is 14.4. The summed E-state index contributed by atoms with van der Waals surface area (Å²) in [4.78, 5) is 28.4. The van der Waals surface area contributed by atoms with Crippen molar-refractivity contribution >= 4 is 17.5 Å². The highest BCUT2D eigenvalue weighted by Crippen LogP contribution is 2.22. The van der Waals surface area contributed by atoms with Crippen LogP contribution in [0.5, 0.6) is 5.75 Å². The Morgan fingerprint density at radius 3 is 2.47 bits per heavy atom. The van der Waals surface area contributed by atoms with Crippen LogP contribution in [-0.2, 0) is 4.79 Å². The fraction of sp³-hybridized carbons (Fsp3) is 0.333. The topological polar surface area (TPSA) is 61.9 Å². The molecular formula is C21H22F3N3O3.